The largest absolute Gasteiger partial charge is 0.478 e. The first kappa shape index (κ1) is 20.2. The first-order valence-corrected chi connectivity index (χ1v) is 10.7. The molecule has 0 aliphatic carbocycles. The summed E-state index contributed by atoms with van der Waals surface area (Å²) in [6.07, 6.45) is 1.63. The highest BCUT2D eigenvalue weighted by molar-refractivity contribution is 9.10. The van der Waals surface area contributed by atoms with Gasteiger partial charge in [-0.1, -0.05) is 58.4 Å². The van der Waals surface area contributed by atoms with Gasteiger partial charge in [0, 0.05) is 10.0 Å². The average Bonchev–Trinajstić information content (AvgIpc) is 3.01. The zero-order valence-corrected chi connectivity index (χ0v) is 18.1. The number of thioether (sulfide) groups is 1. The fourth-order valence-electron chi connectivity index (χ4n) is 3.25. The standard InChI is InChI=1S/C23H15BrN2O3S/c24-18-8-9-20(29-11-10-25)17(12-18)13-21-22(27)26(23(28)30-21)14-16-6-3-5-15-4-1-2-7-19(15)16/h1-9,12-13H,11,14H2/b21-13-. The zero-order chi connectivity index (χ0) is 21.1. The number of fused-ring (bicyclic) bond motifs is 1. The van der Waals surface area contributed by atoms with Crippen molar-refractivity contribution in [2.45, 2.75) is 6.54 Å². The Morgan fingerprint density at radius 1 is 1.10 bits per heavy atom. The number of hydrogen-bond donors (Lipinski definition) is 0. The van der Waals surface area contributed by atoms with E-state index in [0.29, 0.717) is 16.2 Å². The van der Waals surface area contributed by atoms with Crippen molar-refractivity contribution in [2.24, 2.45) is 0 Å². The number of hydrogen-bond acceptors (Lipinski definition) is 5. The molecule has 0 N–H and O–H groups in total. The normalized spacial score (nSPS) is 15.1. The summed E-state index contributed by atoms with van der Waals surface area (Å²) in [5.74, 6) is 0.129. The molecule has 4 rings (SSSR count). The Labute approximate surface area is 186 Å². The van der Waals surface area contributed by atoms with Crippen molar-refractivity contribution < 1.29 is 14.3 Å². The fraction of sp³-hybridized carbons (Fsp3) is 0.0870. The van der Waals surface area contributed by atoms with Crippen LogP contribution < -0.4 is 4.74 Å². The highest BCUT2D eigenvalue weighted by atomic mass is 79.9. The van der Waals surface area contributed by atoms with Gasteiger partial charge in [0.25, 0.3) is 11.1 Å². The van der Waals surface area contributed by atoms with Gasteiger partial charge in [0.1, 0.15) is 11.8 Å². The minimum Gasteiger partial charge on any atom is -0.478 e. The number of nitrogens with zero attached hydrogens (tertiary/aromatic N) is 2. The highest BCUT2D eigenvalue weighted by Crippen LogP contribution is 2.36. The van der Waals surface area contributed by atoms with E-state index in [4.69, 9.17) is 10.00 Å². The molecule has 0 unspecified atom stereocenters. The van der Waals surface area contributed by atoms with Gasteiger partial charge < -0.3 is 4.74 Å². The van der Waals surface area contributed by atoms with E-state index in [9.17, 15) is 9.59 Å². The van der Waals surface area contributed by atoms with Gasteiger partial charge in [-0.05, 0) is 52.4 Å². The van der Waals surface area contributed by atoms with Crippen LogP contribution in [0.4, 0.5) is 4.79 Å². The van der Waals surface area contributed by atoms with E-state index >= 15 is 0 Å². The van der Waals surface area contributed by atoms with Crippen molar-refractivity contribution in [1.82, 2.24) is 4.90 Å². The molecular formula is C23H15BrN2O3S. The second-order valence-corrected chi connectivity index (χ2v) is 8.44. The third-order valence-corrected chi connectivity index (χ3v) is 6.03. The summed E-state index contributed by atoms with van der Waals surface area (Å²) in [4.78, 5) is 27.2. The molecule has 0 bridgehead atoms. The summed E-state index contributed by atoms with van der Waals surface area (Å²) in [5.41, 5.74) is 1.53. The number of imide groups is 1. The number of amides is 2. The molecular weight excluding hydrogens is 464 g/mol. The Kier molecular flexibility index (Phi) is 5.88. The molecule has 0 saturated carbocycles. The SMILES string of the molecule is N#CCOc1ccc(Br)cc1/C=C1\SC(=O)N(Cc2cccc3ccccc23)C1=O. The number of carbonyl (C=O) groups excluding carboxylic acids is 2. The van der Waals surface area contributed by atoms with Crippen molar-refractivity contribution in [3.8, 4) is 11.8 Å². The fourth-order valence-corrected chi connectivity index (χ4v) is 4.46. The molecule has 3 aromatic carbocycles. The van der Waals surface area contributed by atoms with Crippen LogP contribution in [0.3, 0.4) is 0 Å². The van der Waals surface area contributed by atoms with Gasteiger partial charge in [-0.15, -0.1) is 0 Å². The van der Waals surface area contributed by atoms with E-state index in [1.807, 2.05) is 48.5 Å². The molecule has 2 amide bonds. The number of carbonyl (C=O) groups is 2. The molecule has 0 aromatic heterocycles. The third-order valence-electron chi connectivity index (χ3n) is 4.63. The molecule has 3 aromatic rings. The summed E-state index contributed by atoms with van der Waals surface area (Å²) < 4.78 is 6.24. The Hall–Kier alpha value is -3.08. The topological polar surface area (TPSA) is 70.4 Å². The lowest BCUT2D eigenvalue weighted by Gasteiger charge is -2.14. The van der Waals surface area contributed by atoms with Gasteiger partial charge in [0.05, 0.1) is 11.4 Å². The van der Waals surface area contributed by atoms with Crippen molar-refractivity contribution in [2.75, 3.05) is 6.61 Å². The minimum atomic E-state index is -0.343. The summed E-state index contributed by atoms with van der Waals surface area (Å²) in [6, 6.07) is 21.0. The molecule has 5 nitrogen and oxygen atoms in total. The van der Waals surface area contributed by atoms with Crippen LogP contribution in [0.1, 0.15) is 11.1 Å². The van der Waals surface area contributed by atoms with Gasteiger partial charge in [-0.3, -0.25) is 14.5 Å². The second-order valence-electron chi connectivity index (χ2n) is 6.54. The van der Waals surface area contributed by atoms with Gasteiger partial charge in [0.2, 0.25) is 0 Å². The minimum absolute atomic E-state index is 0.106. The van der Waals surface area contributed by atoms with Crippen LogP contribution in [-0.2, 0) is 11.3 Å². The number of halogens is 1. The maximum Gasteiger partial charge on any atom is 0.293 e. The van der Waals surface area contributed by atoms with Crippen molar-refractivity contribution >= 4 is 55.7 Å². The molecule has 1 aliphatic rings. The predicted molar refractivity (Wildman–Crippen MR) is 121 cm³/mol. The quantitative estimate of drug-likeness (QED) is 0.437. The Bertz CT molecular complexity index is 1230. The highest BCUT2D eigenvalue weighted by Gasteiger charge is 2.35. The molecule has 1 aliphatic heterocycles. The van der Waals surface area contributed by atoms with Gasteiger partial charge in [-0.2, -0.15) is 5.26 Å². The lowest BCUT2D eigenvalue weighted by Crippen LogP contribution is -2.27. The number of rotatable bonds is 5. The van der Waals surface area contributed by atoms with Gasteiger partial charge >= 0.3 is 0 Å². The smallest absolute Gasteiger partial charge is 0.293 e. The number of benzene rings is 3. The first-order chi connectivity index (χ1) is 14.6. The lowest BCUT2D eigenvalue weighted by molar-refractivity contribution is -0.123. The molecule has 30 heavy (non-hydrogen) atoms. The molecule has 0 atom stereocenters. The lowest BCUT2D eigenvalue weighted by atomic mass is 10.0. The van der Waals surface area contributed by atoms with Crippen LogP contribution in [0.25, 0.3) is 16.8 Å². The van der Waals surface area contributed by atoms with Crippen LogP contribution in [0.5, 0.6) is 5.75 Å². The predicted octanol–water partition coefficient (Wildman–Crippen LogP) is 5.74. The summed E-state index contributed by atoms with van der Waals surface area (Å²) in [6.45, 7) is 0.102. The third kappa shape index (κ3) is 4.11. The average molecular weight is 479 g/mol. The van der Waals surface area contributed by atoms with E-state index in [0.717, 1.165) is 32.6 Å². The van der Waals surface area contributed by atoms with Crippen LogP contribution in [0, 0.1) is 11.3 Å². The zero-order valence-electron chi connectivity index (χ0n) is 15.7. The summed E-state index contributed by atoms with van der Waals surface area (Å²) in [5, 5.41) is 10.5. The number of nitriles is 1. The van der Waals surface area contributed by atoms with E-state index < -0.39 is 0 Å². The van der Waals surface area contributed by atoms with Crippen molar-refractivity contribution in [3.63, 3.8) is 0 Å². The maximum absolute atomic E-state index is 13.0. The Morgan fingerprint density at radius 2 is 1.90 bits per heavy atom. The second kappa shape index (κ2) is 8.74. The van der Waals surface area contributed by atoms with Crippen LogP contribution >= 0.6 is 27.7 Å². The Balaban J connectivity index is 1.63. The molecule has 1 fully saturated rings. The monoisotopic (exact) mass is 478 g/mol. The summed E-state index contributed by atoms with van der Waals surface area (Å²) in [7, 11) is 0. The van der Waals surface area contributed by atoms with E-state index in [-0.39, 0.29) is 24.3 Å². The van der Waals surface area contributed by atoms with Crippen LogP contribution in [-0.4, -0.2) is 22.7 Å². The van der Waals surface area contributed by atoms with Crippen LogP contribution in [0.15, 0.2) is 70.0 Å². The summed E-state index contributed by atoms with van der Waals surface area (Å²) >= 11 is 4.30. The van der Waals surface area contributed by atoms with Gasteiger partial charge in [0.15, 0.2) is 6.61 Å². The number of ether oxygens (including phenoxy) is 1. The molecule has 0 radical (unpaired) electrons. The van der Waals surface area contributed by atoms with E-state index in [1.165, 1.54) is 4.90 Å². The molecule has 7 heteroatoms. The van der Waals surface area contributed by atoms with E-state index in [2.05, 4.69) is 15.9 Å². The maximum atomic E-state index is 13.0. The molecule has 0 spiro atoms. The molecule has 148 valence electrons. The van der Waals surface area contributed by atoms with Crippen molar-refractivity contribution in [3.05, 3.63) is 81.2 Å². The first-order valence-electron chi connectivity index (χ1n) is 9.08. The molecule has 1 heterocycles. The molecule has 1 saturated heterocycles. The Morgan fingerprint density at radius 3 is 2.73 bits per heavy atom. The van der Waals surface area contributed by atoms with Crippen molar-refractivity contribution in [1.29, 1.82) is 5.26 Å². The van der Waals surface area contributed by atoms with Crippen LogP contribution in [0.2, 0.25) is 0 Å². The van der Waals surface area contributed by atoms with E-state index in [1.54, 1.807) is 24.3 Å². The van der Waals surface area contributed by atoms with Gasteiger partial charge in [-0.25, -0.2) is 0 Å².